The second-order valence-corrected chi connectivity index (χ2v) is 30.7. The first-order chi connectivity index (χ1) is 27.2. The van der Waals surface area contributed by atoms with Crippen molar-refractivity contribution in [1.82, 2.24) is 4.44 Å². The molecule has 2 atom stereocenters. The van der Waals surface area contributed by atoms with Gasteiger partial charge >= 0.3 is 0 Å². The molecule has 0 heterocycles. The zero-order chi connectivity index (χ0) is 40.4. The molecule has 0 saturated heterocycles. The van der Waals surface area contributed by atoms with Crippen LogP contribution in [0.2, 0.25) is 36.3 Å². The van der Waals surface area contributed by atoms with Crippen molar-refractivity contribution in [2.24, 2.45) is 0 Å². The predicted molar refractivity (Wildman–Crippen MR) is 260 cm³/mol. The van der Waals surface area contributed by atoms with Gasteiger partial charge in [-0.1, -0.05) is 250 Å². The van der Waals surface area contributed by atoms with Gasteiger partial charge in [-0.15, -0.1) is 0 Å². The number of unbranched alkanes of at least 4 members (excludes halogenated alkanes) is 6. The van der Waals surface area contributed by atoms with Crippen LogP contribution in [-0.2, 0) is 0 Å². The van der Waals surface area contributed by atoms with Crippen molar-refractivity contribution in [2.45, 2.75) is 162 Å². The minimum atomic E-state index is -1.66. The van der Waals surface area contributed by atoms with E-state index in [1.54, 1.807) is 16.4 Å². The average molecular weight is 828 g/mol. The van der Waals surface area contributed by atoms with Gasteiger partial charge in [-0.2, -0.15) is 0 Å². The molecule has 0 aliphatic rings. The van der Waals surface area contributed by atoms with Crippen LogP contribution in [0.25, 0.3) is 0 Å². The van der Waals surface area contributed by atoms with Crippen molar-refractivity contribution in [3.05, 3.63) is 108 Å². The third-order valence-electron chi connectivity index (χ3n) is 12.5. The Kier molecular flexibility index (Phi) is 20.2. The van der Waals surface area contributed by atoms with Gasteiger partial charge < -0.3 is 0 Å². The summed E-state index contributed by atoms with van der Waals surface area (Å²) in [5.74, 6) is -0.0965. The van der Waals surface area contributed by atoms with E-state index in [9.17, 15) is 0 Å². The predicted octanol–water partition coefficient (Wildman–Crippen LogP) is 13.6. The summed E-state index contributed by atoms with van der Waals surface area (Å²) in [5.41, 5.74) is 1.31. The molecule has 0 aromatic heterocycles. The molecule has 1 nitrogen and oxygen atoms in total. The highest BCUT2D eigenvalue weighted by molar-refractivity contribution is 7.84. The van der Waals surface area contributed by atoms with Gasteiger partial charge in [-0.05, 0) is 47.6 Å². The number of rotatable bonds is 26. The monoisotopic (exact) mass is 827 g/mol. The van der Waals surface area contributed by atoms with Crippen LogP contribution in [0.1, 0.15) is 124 Å². The van der Waals surface area contributed by atoms with Gasteiger partial charge in [0.2, 0.25) is 0 Å². The average Bonchev–Trinajstić information content (AvgIpc) is 3.23. The van der Waals surface area contributed by atoms with E-state index >= 15 is 4.39 Å². The fourth-order valence-electron chi connectivity index (χ4n) is 9.06. The highest BCUT2D eigenvalue weighted by Crippen LogP contribution is 2.53. The Bertz CT molecular complexity index is 1530. The first-order valence-electron chi connectivity index (χ1n) is 22.6. The van der Waals surface area contributed by atoms with Gasteiger partial charge in [0.25, 0.3) is 0 Å². The SMILES string of the molecule is CCCC[Si](CCCC)(CCCC)c1ccc(P(c2ccccc2C)N(C)P(c2ccc([Si](CCCC)(CCCC)CCCC)cc2)c2ccccc2F)cc1. The molecule has 4 aromatic carbocycles. The summed E-state index contributed by atoms with van der Waals surface area (Å²) in [6.07, 6.45) is 15.6. The third-order valence-corrected chi connectivity index (χ3v) is 29.1. The maximum Gasteiger partial charge on any atom is 0.132 e. The van der Waals surface area contributed by atoms with Crippen molar-refractivity contribution in [1.29, 1.82) is 0 Å². The Morgan fingerprint density at radius 2 is 0.768 bits per heavy atom. The van der Waals surface area contributed by atoms with Crippen LogP contribution in [0.15, 0.2) is 97.1 Å². The number of benzene rings is 4. The van der Waals surface area contributed by atoms with Gasteiger partial charge in [0.05, 0.1) is 16.1 Å². The van der Waals surface area contributed by atoms with Gasteiger partial charge in [0, 0.05) is 21.4 Å². The normalized spacial score (nSPS) is 13.3. The maximum atomic E-state index is 16.2. The van der Waals surface area contributed by atoms with Crippen molar-refractivity contribution in [2.75, 3.05) is 7.05 Å². The van der Waals surface area contributed by atoms with Crippen LogP contribution in [0.4, 0.5) is 4.39 Å². The minimum Gasteiger partial charge on any atom is -0.248 e. The minimum absolute atomic E-state index is 0.0965. The van der Waals surface area contributed by atoms with E-state index in [2.05, 4.69) is 139 Å². The number of hydrogen-bond acceptors (Lipinski definition) is 1. The zero-order valence-corrected chi connectivity index (χ0v) is 40.5. The summed E-state index contributed by atoms with van der Waals surface area (Å²) in [6, 6.07) is 44.9. The first kappa shape index (κ1) is 46.7. The summed E-state index contributed by atoms with van der Waals surface area (Å²) < 4.78 is 18.8. The largest absolute Gasteiger partial charge is 0.248 e. The van der Waals surface area contributed by atoms with Crippen molar-refractivity contribution in [3.8, 4) is 0 Å². The van der Waals surface area contributed by atoms with E-state index in [0.717, 1.165) is 5.30 Å². The second-order valence-electron chi connectivity index (χ2n) is 16.6. The van der Waals surface area contributed by atoms with Gasteiger partial charge in [-0.25, -0.2) is 8.83 Å². The summed E-state index contributed by atoms with van der Waals surface area (Å²) in [4.78, 5) is 0. The zero-order valence-electron chi connectivity index (χ0n) is 36.7. The van der Waals surface area contributed by atoms with E-state index in [4.69, 9.17) is 0 Å². The Labute approximate surface area is 348 Å². The Balaban J connectivity index is 1.87. The van der Waals surface area contributed by atoms with Crippen LogP contribution >= 0.6 is 16.1 Å². The molecule has 0 N–H and O–H groups in total. The molecule has 4 rings (SSSR count). The molecule has 0 aliphatic carbocycles. The summed E-state index contributed by atoms with van der Waals surface area (Å²) in [7, 11) is -3.11. The number of aryl methyl sites for hydroxylation is 1. The summed E-state index contributed by atoms with van der Waals surface area (Å²) in [5, 5.41) is 8.11. The molecular formula is C50H76FNP2Si2. The molecule has 0 aliphatic heterocycles. The number of halogens is 1. The number of hydrogen-bond donors (Lipinski definition) is 0. The van der Waals surface area contributed by atoms with E-state index in [1.807, 2.05) is 12.1 Å². The fraction of sp³-hybridized carbons (Fsp3) is 0.520. The van der Waals surface area contributed by atoms with Crippen molar-refractivity contribution >= 4 is 63.9 Å². The fourth-order valence-corrected chi connectivity index (χ4v) is 26.0. The molecule has 306 valence electrons. The Morgan fingerprint density at radius 3 is 1.11 bits per heavy atom. The molecular weight excluding hydrogens is 752 g/mol. The van der Waals surface area contributed by atoms with Gasteiger partial charge in [0.1, 0.15) is 5.82 Å². The molecule has 0 bridgehead atoms. The summed E-state index contributed by atoms with van der Waals surface area (Å²) >= 11 is 0. The quantitative estimate of drug-likeness (QED) is 0.0450. The molecule has 56 heavy (non-hydrogen) atoms. The van der Waals surface area contributed by atoms with Gasteiger partial charge in [-0.3, -0.25) is 0 Å². The lowest BCUT2D eigenvalue weighted by atomic mass is 10.2. The van der Waals surface area contributed by atoms with Gasteiger partial charge in [0.15, 0.2) is 0 Å². The lowest BCUT2D eigenvalue weighted by Crippen LogP contribution is -2.48. The molecule has 0 fully saturated rings. The molecule has 0 radical (unpaired) electrons. The van der Waals surface area contributed by atoms with Crippen LogP contribution in [-0.4, -0.2) is 27.6 Å². The van der Waals surface area contributed by atoms with Crippen LogP contribution in [0.5, 0.6) is 0 Å². The second kappa shape index (κ2) is 24.2. The number of nitrogens with zero attached hydrogens (tertiary/aromatic N) is 1. The molecule has 0 amide bonds. The van der Waals surface area contributed by atoms with E-state index in [1.165, 1.54) is 135 Å². The molecule has 0 saturated carbocycles. The Hall–Kier alpha value is -1.94. The van der Waals surface area contributed by atoms with Crippen molar-refractivity contribution in [3.63, 3.8) is 0 Å². The highest BCUT2D eigenvalue weighted by Gasteiger charge is 2.36. The highest BCUT2D eigenvalue weighted by atomic mass is 31.2. The van der Waals surface area contributed by atoms with Crippen LogP contribution < -0.4 is 31.6 Å². The lowest BCUT2D eigenvalue weighted by molar-refractivity contribution is 0.635. The molecule has 0 spiro atoms. The summed E-state index contributed by atoms with van der Waals surface area (Å²) in [6.45, 7) is 16.4. The van der Waals surface area contributed by atoms with E-state index in [0.29, 0.717) is 0 Å². The molecule has 6 heteroatoms. The lowest BCUT2D eigenvalue weighted by Gasteiger charge is -2.38. The van der Waals surface area contributed by atoms with E-state index in [-0.39, 0.29) is 5.82 Å². The van der Waals surface area contributed by atoms with Crippen LogP contribution in [0, 0.1) is 12.7 Å². The molecule has 4 aromatic rings. The topological polar surface area (TPSA) is 3.24 Å². The van der Waals surface area contributed by atoms with Crippen molar-refractivity contribution < 1.29 is 4.39 Å². The standard InChI is InChI=1S/C50H76FNP2Si2/c1-9-15-37-55(38-16-10-2,39-17-11-3)46-33-29-44(30-34-46)53(49-27-23-21-25-43(49)7)52(8)54(50-28-24-22-26-48(50)51)45-31-35-47(36-32-45)56(40-18-12-4,41-19-13-5)42-20-14-6/h21-36H,9-20,37-42H2,1-8H3. The Morgan fingerprint density at radius 1 is 0.446 bits per heavy atom. The molecule has 2 unspecified atom stereocenters. The smallest absolute Gasteiger partial charge is 0.132 e. The first-order valence-corrected chi connectivity index (χ1v) is 30.4. The third kappa shape index (κ3) is 12.1. The van der Waals surface area contributed by atoms with Crippen LogP contribution in [0.3, 0.4) is 0 Å². The van der Waals surface area contributed by atoms with E-state index < -0.39 is 32.3 Å². The maximum absolute atomic E-state index is 16.2.